The number of hydrogen-bond donors (Lipinski definition) is 2. The van der Waals surface area contributed by atoms with E-state index in [1.54, 1.807) is 7.11 Å². The van der Waals surface area contributed by atoms with Gasteiger partial charge in [-0.25, -0.2) is 0 Å². The van der Waals surface area contributed by atoms with Gasteiger partial charge in [-0.15, -0.1) is 0 Å². The molecule has 0 aromatic heterocycles. The van der Waals surface area contributed by atoms with Crippen molar-refractivity contribution in [2.24, 2.45) is 0 Å². The van der Waals surface area contributed by atoms with Crippen LogP contribution in [0.15, 0.2) is 18.2 Å². The smallest absolute Gasteiger partial charge is 0.250 e. The van der Waals surface area contributed by atoms with Gasteiger partial charge in [0.2, 0.25) is 0 Å². The summed E-state index contributed by atoms with van der Waals surface area (Å²) < 4.78 is 16.6. The molecule has 24 heavy (non-hydrogen) atoms. The third-order valence-corrected chi connectivity index (χ3v) is 4.02. The van der Waals surface area contributed by atoms with Crippen molar-refractivity contribution in [2.45, 2.75) is 38.8 Å². The number of ether oxygens (including phenoxy) is 3. The highest BCUT2D eigenvalue weighted by molar-refractivity contribution is 5.81. The van der Waals surface area contributed by atoms with Gasteiger partial charge in [-0.05, 0) is 31.0 Å². The van der Waals surface area contributed by atoms with Gasteiger partial charge in [0.1, 0.15) is 6.10 Å². The van der Waals surface area contributed by atoms with Crippen LogP contribution >= 0.6 is 0 Å². The molecule has 6 heteroatoms. The van der Waals surface area contributed by atoms with Crippen LogP contribution in [0, 0.1) is 0 Å². The molecule has 1 aromatic carbocycles. The van der Waals surface area contributed by atoms with Crippen molar-refractivity contribution < 1.29 is 19.0 Å². The molecule has 6 nitrogen and oxygen atoms in total. The van der Waals surface area contributed by atoms with Crippen molar-refractivity contribution >= 4 is 5.91 Å². The van der Waals surface area contributed by atoms with Crippen LogP contribution in [0.1, 0.15) is 38.3 Å². The summed E-state index contributed by atoms with van der Waals surface area (Å²) >= 11 is 0. The number of carbonyl (C=O) groups is 1. The standard InChI is InChI=1S/C18H28N2O4/c1-4-5-9-23-15-7-6-14(11-16(15)22-3)13(2)20-18(21)17-12-19-8-10-24-17/h6-7,11,13,17,19H,4-5,8-10,12H2,1-3H3,(H,20,21). The third kappa shape index (κ3) is 5.11. The zero-order valence-corrected chi connectivity index (χ0v) is 14.8. The minimum absolute atomic E-state index is 0.100. The summed E-state index contributed by atoms with van der Waals surface area (Å²) in [5.41, 5.74) is 0.965. The molecule has 2 rings (SSSR count). The third-order valence-electron chi connectivity index (χ3n) is 4.02. The predicted octanol–water partition coefficient (Wildman–Crippen LogP) is 2.04. The van der Waals surface area contributed by atoms with Crippen LogP contribution in [-0.4, -0.2) is 45.4 Å². The number of amides is 1. The molecule has 1 aromatic rings. The summed E-state index contributed by atoms with van der Waals surface area (Å²) in [6, 6.07) is 5.62. The molecule has 0 bridgehead atoms. The fourth-order valence-corrected chi connectivity index (χ4v) is 2.52. The average Bonchev–Trinajstić information content (AvgIpc) is 2.62. The lowest BCUT2D eigenvalue weighted by atomic mass is 10.1. The Morgan fingerprint density at radius 3 is 2.96 bits per heavy atom. The second-order valence-electron chi connectivity index (χ2n) is 5.91. The molecular formula is C18H28N2O4. The monoisotopic (exact) mass is 336 g/mol. The first-order valence-corrected chi connectivity index (χ1v) is 8.59. The Kier molecular flexibility index (Phi) is 7.34. The van der Waals surface area contributed by atoms with Crippen molar-refractivity contribution in [1.29, 1.82) is 0 Å². The lowest BCUT2D eigenvalue weighted by molar-refractivity contribution is -0.134. The van der Waals surface area contributed by atoms with Crippen molar-refractivity contribution in [3.05, 3.63) is 23.8 Å². The van der Waals surface area contributed by atoms with E-state index in [1.165, 1.54) is 0 Å². The quantitative estimate of drug-likeness (QED) is 0.711. The summed E-state index contributed by atoms with van der Waals surface area (Å²) in [4.78, 5) is 12.2. The Hall–Kier alpha value is -1.79. The number of benzene rings is 1. The zero-order chi connectivity index (χ0) is 17.4. The van der Waals surface area contributed by atoms with E-state index in [1.807, 2.05) is 25.1 Å². The summed E-state index contributed by atoms with van der Waals surface area (Å²) in [5.74, 6) is 1.31. The lowest BCUT2D eigenvalue weighted by Gasteiger charge is -2.25. The van der Waals surface area contributed by atoms with Crippen molar-refractivity contribution in [3.63, 3.8) is 0 Å². The predicted molar refractivity (Wildman–Crippen MR) is 92.6 cm³/mol. The zero-order valence-electron chi connectivity index (χ0n) is 14.8. The second kappa shape index (κ2) is 9.49. The second-order valence-corrected chi connectivity index (χ2v) is 5.91. The first-order valence-electron chi connectivity index (χ1n) is 8.59. The highest BCUT2D eigenvalue weighted by Gasteiger charge is 2.23. The van der Waals surface area contributed by atoms with Crippen LogP contribution in [0.3, 0.4) is 0 Å². The molecule has 1 saturated heterocycles. The first-order chi connectivity index (χ1) is 11.7. The van der Waals surface area contributed by atoms with Gasteiger partial charge in [0.15, 0.2) is 11.5 Å². The largest absolute Gasteiger partial charge is 0.493 e. The molecular weight excluding hydrogens is 308 g/mol. The molecule has 2 unspecified atom stereocenters. The summed E-state index contributed by atoms with van der Waals surface area (Å²) in [6.07, 6.45) is 1.66. The van der Waals surface area contributed by atoms with Gasteiger partial charge in [-0.2, -0.15) is 0 Å². The topological polar surface area (TPSA) is 68.8 Å². The number of unbranched alkanes of at least 4 members (excludes halogenated alkanes) is 1. The average molecular weight is 336 g/mol. The number of hydrogen-bond acceptors (Lipinski definition) is 5. The van der Waals surface area contributed by atoms with Crippen LogP contribution in [0.2, 0.25) is 0 Å². The van der Waals surface area contributed by atoms with E-state index >= 15 is 0 Å². The van der Waals surface area contributed by atoms with Crippen LogP contribution in [0.4, 0.5) is 0 Å². The minimum Gasteiger partial charge on any atom is -0.493 e. The maximum absolute atomic E-state index is 12.2. The van der Waals surface area contributed by atoms with Crippen molar-refractivity contribution in [2.75, 3.05) is 33.4 Å². The molecule has 0 aliphatic carbocycles. The number of methoxy groups -OCH3 is 1. The Bertz CT molecular complexity index is 530. The van der Waals surface area contributed by atoms with Crippen LogP contribution < -0.4 is 20.1 Å². The molecule has 2 atom stereocenters. The molecule has 0 spiro atoms. The SMILES string of the molecule is CCCCOc1ccc(C(C)NC(=O)C2CNCCO2)cc1OC. The Labute approximate surface area is 143 Å². The molecule has 1 amide bonds. The van der Waals surface area contributed by atoms with Crippen LogP contribution in [0.5, 0.6) is 11.5 Å². The highest BCUT2D eigenvalue weighted by Crippen LogP contribution is 2.30. The number of nitrogens with one attached hydrogen (secondary N) is 2. The molecule has 1 aliphatic heterocycles. The lowest BCUT2D eigenvalue weighted by Crippen LogP contribution is -2.48. The summed E-state index contributed by atoms with van der Waals surface area (Å²) in [7, 11) is 1.62. The Morgan fingerprint density at radius 2 is 2.29 bits per heavy atom. The summed E-state index contributed by atoms with van der Waals surface area (Å²) in [6.45, 7) is 6.64. The molecule has 0 radical (unpaired) electrons. The maximum atomic E-state index is 12.2. The van der Waals surface area contributed by atoms with Crippen LogP contribution in [0.25, 0.3) is 0 Å². The van der Waals surface area contributed by atoms with E-state index in [9.17, 15) is 4.79 Å². The molecule has 2 N–H and O–H groups in total. The molecule has 0 saturated carbocycles. The van der Waals surface area contributed by atoms with E-state index in [-0.39, 0.29) is 11.9 Å². The van der Waals surface area contributed by atoms with Gasteiger partial charge in [0.25, 0.3) is 5.91 Å². The number of morpholine rings is 1. The summed E-state index contributed by atoms with van der Waals surface area (Å²) in [5, 5.41) is 6.15. The maximum Gasteiger partial charge on any atom is 0.250 e. The number of rotatable bonds is 8. The fraction of sp³-hybridized carbons (Fsp3) is 0.611. The van der Waals surface area contributed by atoms with E-state index in [0.717, 1.165) is 30.7 Å². The molecule has 1 aliphatic rings. The first kappa shape index (κ1) is 18.5. The van der Waals surface area contributed by atoms with Gasteiger partial charge in [0.05, 0.1) is 26.4 Å². The fourth-order valence-electron chi connectivity index (χ4n) is 2.52. The van der Waals surface area contributed by atoms with Gasteiger partial charge >= 0.3 is 0 Å². The van der Waals surface area contributed by atoms with Crippen molar-refractivity contribution in [1.82, 2.24) is 10.6 Å². The molecule has 134 valence electrons. The highest BCUT2D eigenvalue weighted by atomic mass is 16.5. The van der Waals surface area contributed by atoms with E-state index in [4.69, 9.17) is 14.2 Å². The van der Waals surface area contributed by atoms with Crippen LogP contribution in [-0.2, 0) is 9.53 Å². The minimum atomic E-state index is -0.431. The number of carbonyl (C=O) groups excluding carboxylic acids is 1. The normalized spacial score (nSPS) is 18.7. The van der Waals surface area contributed by atoms with E-state index in [2.05, 4.69) is 17.6 Å². The van der Waals surface area contributed by atoms with Crippen molar-refractivity contribution in [3.8, 4) is 11.5 Å². The van der Waals surface area contributed by atoms with E-state index in [0.29, 0.717) is 25.5 Å². The molecule has 1 fully saturated rings. The van der Waals surface area contributed by atoms with Gasteiger partial charge < -0.3 is 24.8 Å². The Balaban J connectivity index is 1.97. The van der Waals surface area contributed by atoms with E-state index < -0.39 is 6.10 Å². The van der Waals surface area contributed by atoms with Gasteiger partial charge in [-0.1, -0.05) is 19.4 Å². The Morgan fingerprint density at radius 1 is 1.46 bits per heavy atom. The van der Waals surface area contributed by atoms with Gasteiger partial charge in [0, 0.05) is 13.1 Å². The molecule has 1 heterocycles. The van der Waals surface area contributed by atoms with Gasteiger partial charge in [-0.3, -0.25) is 4.79 Å².